The van der Waals surface area contributed by atoms with Gasteiger partial charge >= 0.3 is 0 Å². The van der Waals surface area contributed by atoms with E-state index in [0.29, 0.717) is 31.2 Å². The van der Waals surface area contributed by atoms with E-state index in [2.05, 4.69) is 33.3 Å². The van der Waals surface area contributed by atoms with E-state index in [4.69, 9.17) is 14.6 Å². The molecule has 2 aromatic rings. The SMILES string of the molecule is O=C1Nc2ccccc2/C1=C1\OCc2cc(CN3CCN(CCOCCO)CC3)ccc21. The minimum Gasteiger partial charge on any atom is -0.487 e. The van der Waals surface area contributed by atoms with Crippen molar-refractivity contribution < 1.29 is 19.4 Å². The van der Waals surface area contributed by atoms with Crippen molar-refractivity contribution in [3.8, 4) is 0 Å². The second-order valence-corrected chi connectivity index (χ2v) is 8.44. The minimum absolute atomic E-state index is 0.0820. The second kappa shape index (κ2) is 9.42. The third-order valence-electron chi connectivity index (χ3n) is 6.34. The molecule has 0 spiro atoms. The topological polar surface area (TPSA) is 74.3 Å². The molecule has 7 nitrogen and oxygen atoms in total. The zero-order valence-electron chi connectivity index (χ0n) is 18.2. The van der Waals surface area contributed by atoms with Crippen LogP contribution in [0.2, 0.25) is 0 Å². The normalized spacial score (nSPS) is 20.7. The number of carbonyl (C=O) groups is 1. The molecule has 1 fully saturated rings. The predicted octanol–water partition coefficient (Wildman–Crippen LogP) is 2.16. The van der Waals surface area contributed by atoms with Crippen LogP contribution in [0, 0.1) is 0 Å². The van der Waals surface area contributed by atoms with Crippen molar-refractivity contribution in [3.05, 3.63) is 64.7 Å². The van der Waals surface area contributed by atoms with E-state index in [9.17, 15) is 4.79 Å². The lowest BCUT2D eigenvalue weighted by Gasteiger charge is -2.34. The summed E-state index contributed by atoms with van der Waals surface area (Å²) in [5.74, 6) is 0.587. The van der Waals surface area contributed by atoms with Gasteiger partial charge in [-0.05, 0) is 11.6 Å². The Morgan fingerprint density at radius 1 is 1.00 bits per heavy atom. The lowest BCUT2D eigenvalue weighted by molar-refractivity contribution is -0.110. The van der Waals surface area contributed by atoms with Gasteiger partial charge in [0.25, 0.3) is 5.91 Å². The first-order valence-corrected chi connectivity index (χ1v) is 11.3. The zero-order valence-corrected chi connectivity index (χ0v) is 18.2. The molecule has 1 amide bonds. The van der Waals surface area contributed by atoms with Crippen LogP contribution < -0.4 is 5.32 Å². The monoisotopic (exact) mass is 435 g/mol. The molecule has 0 radical (unpaired) electrons. The third kappa shape index (κ3) is 4.29. The van der Waals surface area contributed by atoms with Gasteiger partial charge in [-0.25, -0.2) is 0 Å². The number of piperazine rings is 1. The van der Waals surface area contributed by atoms with Gasteiger partial charge in [-0.15, -0.1) is 0 Å². The van der Waals surface area contributed by atoms with E-state index < -0.39 is 0 Å². The number of aliphatic hydroxyl groups excluding tert-OH is 1. The van der Waals surface area contributed by atoms with Crippen LogP contribution in [0.1, 0.15) is 22.3 Å². The van der Waals surface area contributed by atoms with Crippen molar-refractivity contribution in [2.45, 2.75) is 13.2 Å². The van der Waals surface area contributed by atoms with Gasteiger partial charge in [0.2, 0.25) is 0 Å². The Morgan fingerprint density at radius 3 is 2.66 bits per heavy atom. The first kappa shape index (κ1) is 21.2. The Morgan fingerprint density at radius 2 is 1.81 bits per heavy atom. The van der Waals surface area contributed by atoms with Gasteiger partial charge in [0.1, 0.15) is 12.4 Å². The molecule has 168 valence electrons. The van der Waals surface area contributed by atoms with Crippen LogP contribution in [0.15, 0.2) is 42.5 Å². The predicted molar refractivity (Wildman–Crippen MR) is 123 cm³/mol. The molecular weight excluding hydrogens is 406 g/mol. The van der Waals surface area contributed by atoms with Crippen molar-refractivity contribution >= 4 is 22.9 Å². The molecule has 2 aromatic carbocycles. The lowest BCUT2D eigenvalue weighted by Crippen LogP contribution is -2.46. The van der Waals surface area contributed by atoms with Crippen molar-refractivity contribution in [1.82, 2.24) is 9.80 Å². The molecule has 5 rings (SSSR count). The summed E-state index contributed by atoms with van der Waals surface area (Å²) in [7, 11) is 0. The summed E-state index contributed by atoms with van der Waals surface area (Å²) >= 11 is 0. The summed E-state index contributed by atoms with van der Waals surface area (Å²) in [6.45, 7) is 7.61. The van der Waals surface area contributed by atoms with Crippen LogP contribution >= 0.6 is 0 Å². The Labute approximate surface area is 188 Å². The number of nitrogens with zero attached hydrogens (tertiary/aromatic N) is 2. The van der Waals surface area contributed by atoms with E-state index in [1.54, 1.807) is 0 Å². The number of nitrogens with one attached hydrogen (secondary N) is 1. The van der Waals surface area contributed by atoms with E-state index in [-0.39, 0.29) is 12.5 Å². The van der Waals surface area contributed by atoms with Crippen LogP contribution in [-0.2, 0) is 27.4 Å². The smallest absolute Gasteiger partial charge is 0.260 e. The Bertz CT molecular complexity index is 1030. The Hall–Kier alpha value is -2.71. The number of hydrogen-bond donors (Lipinski definition) is 2. The van der Waals surface area contributed by atoms with Crippen molar-refractivity contribution in [2.75, 3.05) is 57.9 Å². The Kier molecular flexibility index (Phi) is 6.23. The van der Waals surface area contributed by atoms with Gasteiger partial charge in [0.05, 0.1) is 25.4 Å². The highest BCUT2D eigenvalue weighted by Gasteiger charge is 2.32. The summed E-state index contributed by atoms with van der Waals surface area (Å²) in [6.07, 6.45) is 0. The summed E-state index contributed by atoms with van der Waals surface area (Å²) in [6, 6.07) is 14.2. The minimum atomic E-state index is -0.0993. The van der Waals surface area contributed by atoms with Crippen LogP contribution in [0.4, 0.5) is 5.69 Å². The molecule has 1 saturated heterocycles. The maximum absolute atomic E-state index is 12.6. The van der Waals surface area contributed by atoms with Crippen LogP contribution in [0.5, 0.6) is 0 Å². The average Bonchev–Trinajstić information content (AvgIpc) is 3.37. The third-order valence-corrected chi connectivity index (χ3v) is 6.34. The summed E-state index contributed by atoms with van der Waals surface area (Å²) in [4.78, 5) is 17.5. The van der Waals surface area contributed by atoms with Gasteiger partial charge < -0.3 is 19.9 Å². The molecular formula is C25H29N3O4. The quantitative estimate of drug-likeness (QED) is 0.513. The van der Waals surface area contributed by atoms with Gasteiger partial charge in [-0.2, -0.15) is 0 Å². The maximum atomic E-state index is 12.6. The van der Waals surface area contributed by atoms with E-state index in [1.165, 1.54) is 5.56 Å². The van der Waals surface area contributed by atoms with E-state index >= 15 is 0 Å². The molecule has 3 aliphatic rings. The standard InChI is InChI=1S/C25H29N3O4/c29-12-14-31-13-11-27-7-9-28(10-8-27)16-18-5-6-20-19(15-18)17-32-24(20)23-21-3-1-2-4-22(21)26-25(23)30/h1-6,15,29H,7-14,16-17H2,(H,26,30)/b24-23+. The number of carbonyl (C=O) groups excluding carboxylic acids is 1. The lowest BCUT2D eigenvalue weighted by atomic mass is 9.99. The second-order valence-electron chi connectivity index (χ2n) is 8.44. The molecule has 2 N–H and O–H groups in total. The number of hydrogen-bond acceptors (Lipinski definition) is 6. The fourth-order valence-electron chi connectivity index (χ4n) is 4.65. The zero-order chi connectivity index (χ0) is 21.9. The molecule has 32 heavy (non-hydrogen) atoms. The maximum Gasteiger partial charge on any atom is 0.260 e. The summed E-state index contributed by atoms with van der Waals surface area (Å²) < 4.78 is 11.4. The first-order valence-electron chi connectivity index (χ1n) is 11.3. The molecule has 0 unspecified atom stereocenters. The number of para-hydroxylation sites is 1. The highest BCUT2D eigenvalue weighted by molar-refractivity contribution is 6.36. The fraction of sp³-hybridized carbons (Fsp3) is 0.400. The van der Waals surface area contributed by atoms with Crippen LogP contribution in [-0.4, -0.2) is 73.4 Å². The number of rotatable bonds is 7. The molecule has 3 aliphatic heterocycles. The highest BCUT2D eigenvalue weighted by atomic mass is 16.5. The molecule has 0 aromatic heterocycles. The number of benzene rings is 2. The van der Waals surface area contributed by atoms with Crippen LogP contribution in [0.25, 0.3) is 11.3 Å². The fourth-order valence-corrected chi connectivity index (χ4v) is 4.65. The number of ether oxygens (including phenoxy) is 2. The van der Waals surface area contributed by atoms with Gasteiger partial charge in [-0.3, -0.25) is 14.6 Å². The number of anilines is 1. The Balaban J connectivity index is 1.23. The number of fused-ring (bicyclic) bond motifs is 2. The molecule has 0 aliphatic carbocycles. The number of amides is 1. The van der Waals surface area contributed by atoms with Gasteiger partial charge in [0.15, 0.2) is 0 Å². The molecule has 3 heterocycles. The average molecular weight is 436 g/mol. The van der Waals surface area contributed by atoms with Crippen LogP contribution in [0.3, 0.4) is 0 Å². The highest BCUT2D eigenvalue weighted by Crippen LogP contribution is 2.41. The molecule has 0 bridgehead atoms. The van der Waals surface area contributed by atoms with E-state index in [1.807, 2.05) is 24.3 Å². The van der Waals surface area contributed by atoms with Gasteiger partial charge in [-0.1, -0.05) is 36.4 Å². The van der Waals surface area contributed by atoms with Gasteiger partial charge in [0, 0.05) is 61.6 Å². The largest absolute Gasteiger partial charge is 0.487 e. The van der Waals surface area contributed by atoms with Crippen molar-refractivity contribution in [1.29, 1.82) is 0 Å². The number of aliphatic hydroxyl groups is 1. The molecule has 0 saturated carbocycles. The molecule has 7 heteroatoms. The van der Waals surface area contributed by atoms with E-state index in [0.717, 1.165) is 61.6 Å². The first-order chi connectivity index (χ1) is 15.7. The van der Waals surface area contributed by atoms with Crippen molar-refractivity contribution in [2.24, 2.45) is 0 Å². The molecule has 0 atom stereocenters. The summed E-state index contributed by atoms with van der Waals surface area (Å²) in [5.41, 5.74) is 5.81. The summed E-state index contributed by atoms with van der Waals surface area (Å²) in [5, 5.41) is 11.7. The van der Waals surface area contributed by atoms with Crippen molar-refractivity contribution in [3.63, 3.8) is 0 Å².